The van der Waals surface area contributed by atoms with Gasteiger partial charge in [-0.05, 0) is 31.0 Å². The zero-order valence-corrected chi connectivity index (χ0v) is 11.3. The molecule has 17 heavy (non-hydrogen) atoms. The van der Waals surface area contributed by atoms with Gasteiger partial charge in [0.15, 0.2) is 0 Å². The Morgan fingerprint density at radius 1 is 1.47 bits per heavy atom. The van der Waals surface area contributed by atoms with Crippen LogP contribution >= 0.6 is 22.9 Å². The van der Waals surface area contributed by atoms with Gasteiger partial charge >= 0.3 is 0 Å². The molecular formula is C13H15ClN2S. The number of hydrogen-bond acceptors (Lipinski definition) is 3. The van der Waals surface area contributed by atoms with E-state index < -0.39 is 0 Å². The van der Waals surface area contributed by atoms with E-state index in [2.05, 4.69) is 28.7 Å². The van der Waals surface area contributed by atoms with Gasteiger partial charge in [0.05, 0.1) is 11.2 Å². The molecule has 0 radical (unpaired) electrons. The van der Waals surface area contributed by atoms with E-state index in [0.717, 1.165) is 23.7 Å². The van der Waals surface area contributed by atoms with Gasteiger partial charge < -0.3 is 5.32 Å². The summed E-state index contributed by atoms with van der Waals surface area (Å²) in [6, 6.07) is 8.42. The maximum Gasteiger partial charge on any atom is 0.0795 e. The molecule has 1 heterocycles. The second-order valence-electron chi connectivity index (χ2n) is 4.10. The molecule has 1 aromatic carbocycles. The van der Waals surface area contributed by atoms with Gasteiger partial charge in [0.1, 0.15) is 0 Å². The van der Waals surface area contributed by atoms with Crippen LogP contribution in [-0.2, 0) is 13.0 Å². The van der Waals surface area contributed by atoms with Crippen LogP contribution in [0.3, 0.4) is 0 Å². The molecule has 0 aliphatic rings. The summed E-state index contributed by atoms with van der Waals surface area (Å²) in [5.41, 5.74) is 4.22. The van der Waals surface area contributed by atoms with Gasteiger partial charge in [-0.25, -0.2) is 4.98 Å². The number of hydrogen-bond donors (Lipinski definition) is 1. The Hall–Kier alpha value is -0.900. The van der Waals surface area contributed by atoms with Crippen LogP contribution in [-0.4, -0.2) is 11.0 Å². The van der Waals surface area contributed by atoms with E-state index in [-0.39, 0.29) is 0 Å². The minimum Gasteiger partial charge on any atom is -0.308 e. The first kappa shape index (κ1) is 12.6. The van der Waals surface area contributed by atoms with Crippen molar-refractivity contribution in [3.63, 3.8) is 0 Å². The molecule has 0 saturated carbocycles. The first-order chi connectivity index (χ1) is 8.24. The lowest BCUT2D eigenvalue weighted by molar-refractivity contribution is 0.541. The van der Waals surface area contributed by atoms with Crippen LogP contribution in [0.1, 0.15) is 18.2 Å². The summed E-state index contributed by atoms with van der Waals surface area (Å²) >= 11 is 7.59. The van der Waals surface area contributed by atoms with Crippen molar-refractivity contribution in [2.24, 2.45) is 0 Å². The Morgan fingerprint density at radius 2 is 2.35 bits per heavy atom. The zero-order valence-electron chi connectivity index (χ0n) is 9.69. The largest absolute Gasteiger partial charge is 0.308 e. The van der Waals surface area contributed by atoms with Crippen LogP contribution in [0.2, 0.25) is 5.02 Å². The first-order valence-corrected chi connectivity index (χ1v) is 6.91. The molecule has 0 aliphatic heterocycles. The van der Waals surface area contributed by atoms with Crippen molar-refractivity contribution in [2.45, 2.75) is 25.9 Å². The molecule has 0 bridgehead atoms. The van der Waals surface area contributed by atoms with Crippen molar-refractivity contribution >= 4 is 22.9 Å². The molecule has 1 aromatic heterocycles. The molecule has 0 aliphatic carbocycles. The van der Waals surface area contributed by atoms with Crippen LogP contribution < -0.4 is 5.32 Å². The summed E-state index contributed by atoms with van der Waals surface area (Å²) in [6.07, 6.45) is 0.977. The smallest absolute Gasteiger partial charge is 0.0795 e. The Kier molecular flexibility index (Phi) is 4.54. The SMILES string of the molecule is CC(Cc1cccc(Cl)c1)NCc1cscn1. The number of thiazole rings is 1. The first-order valence-electron chi connectivity index (χ1n) is 5.59. The van der Waals surface area contributed by atoms with Crippen LogP contribution in [0.5, 0.6) is 0 Å². The summed E-state index contributed by atoms with van der Waals surface area (Å²) in [6.45, 7) is 3.00. The van der Waals surface area contributed by atoms with Gasteiger partial charge in [-0.3, -0.25) is 0 Å². The normalized spacial score (nSPS) is 12.6. The van der Waals surface area contributed by atoms with Crippen molar-refractivity contribution < 1.29 is 0 Å². The molecule has 90 valence electrons. The predicted octanol–water partition coefficient (Wildman–Crippen LogP) is 3.52. The fourth-order valence-corrected chi connectivity index (χ4v) is 2.46. The fraction of sp³-hybridized carbons (Fsp3) is 0.308. The summed E-state index contributed by atoms with van der Waals surface area (Å²) in [4.78, 5) is 4.24. The minimum absolute atomic E-state index is 0.412. The highest BCUT2D eigenvalue weighted by molar-refractivity contribution is 7.07. The third-order valence-electron chi connectivity index (χ3n) is 2.55. The lowest BCUT2D eigenvalue weighted by atomic mass is 10.1. The van der Waals surface area contributed by atoms with E-state index >= 15 is 0 Å². The Labute approximate surface area is 111 Å². The van der Waals surface area contributed by atoms with Crippen molar-refractivity contribution in [1.29, 1.82) is 0 Å². The van der Waals surface area contributed by atoms with Crippen LogP contribution in [0.4, 0.5) is 0 Å². The molecule has 2 aromatic rings. The molecular weight excluding hydrogens is 252 g/mol. The quantitative estimate of drug-likeness (QED) is 0.896. The average Bonchev–Trinajstić information content (AvgIpc) is 2.79. The highest BCUT2D eigenvalue weighted by Gasteiger charge is 2.04. The maximum absolute atomic E-state index is 5.96. The minimum atomic E-state index is 0.412. The van der Waals surface area contributed by atoms with Gasteiger partial charge in [-0.15, -0.1) is 11.3 Å². The Bertz CT molecular complexity index is 456. The molecule has 0 fully saturated rings. The summed E-state index contributed by atoms with van der Waals surface area (Å²) < 4.78 is 0. The topological polar surface area (TPSA) is 24.9 Å². The van der Waals surface area contributed by atoms with E-state index in [0.29, 0.717) is 6.04 Å². The van der Waals surface area contributed by atoms with Gasteiger partial charge in [0, 0.05) is 23.0 Å². The van der Waals surface area contributed by atoms with Gasteiger partial charge in [-0.1, -0.05) is 23.7 Å². The van der Waals surface area contributed by atoms with Gasteiger partial charge in [-0.2, -0.15) is 0 Å². The van der Waals surface area contributed by atoms with E-state index in [1.54, 1.807) is 11.3 Å². The van der Waals surface area contributed by atoms with E-state index in [1.165, 1.54) is 5.56 Å². The van der Waals surface area contributed by atoms with Gasteiger partial charge in [0.2, 0.25) is 0 Å². The van der Waals surface area contributed by atoms with Crippen LogP contribution in [0, 0.1) is 0 Å². The Morgan fingerprint density at radius 3 is 3.06 bits per heavy atom. The van der Waals surface area contributed by atoms with E-state index in [4.69, 9.17) is 11.6 Å². The summed E-state index contributed by atoms with van der Waals surface area (Å²) in [5.74, 6) is 0. The number of halogens is 1. The molecule has 2 rings (SSSR count). The number of rotatable bonds is 5. The number of nitrogens with one attached hydrogen (secondary N) is 1. The van der Waals surface area contributed by atoms with Crippen LogP contribution in [0.15, 0.2) is 35.2 Å². The summed E-state index contributed by atoms with van der Waals surface area (Å²) in [7, 11) is 0. The van der Waals surface area contributed by atoms with E-state index in [9.17, 15) is 0 Å². The predicted molar refractivity (Wildman–Crippen MR) is 73.6 cm³/mol. The van der Waals surface area contributed by atoms with E-state index in [1.807, 2.05) is 23.7 Å². The second-order valence-corrected chi connectivity index (χ2v) is 5.25. The standard InChI is InChI=1S/C13H15ClN2S/c1-10(15-7-13-8-17-9-16-13)5-11-3-2-4-12(14)6-11/h2-4,6,8-10,15H,5,7H2,1H3. The molecule has 1 atom stereocenters. The molecule has 1 N–H and O–H groups in total. The summed E-state index contributed by atoms with van der Waals surface area (Å²) in [5, 5.41) is 6.32. The highest BCUT2D eigenvalue weighted by Crippen LogP contribution is 2.12. The zero-order chi connectivity index (χ0) is 12.1. The molecule has 0 spiro atoms. The third kappa shape index (κ3) is 4.11. The number of nitrogens with zero attached hydrogens (tertiary/aromatic N) is 1. The molecule has 0 amide bonds. The van der Waals surface area contributed by atoms with Crippen molar-refractivity contribution in [3.05, 3.63) is 51.4 Å². The highest BCUT2D eigenvalue weighted by atomic mass is 35.5. The molecule has 0 saturated heterocycles. The Balaban J connectivity index is 1.83. The van der Waals surface area contributed by atoms with Crippen molar-refractivity contribution in [2.75, 3.05) is 0 Å². The number of aromatic nitrogens is 1. The van der Waals surface area contributed by atoms with Crippen molar-refractivity contribution in [3.8, 4) is 0 Å². The van der Waals surface area contributed by atoms with Crippen molar-refractivity contribution in [1.82, 2.24) is 10.3 Å². The molecule has 4 heteroatoms. The molecule has 1 unspecified atom stereocenters. The molecule has 2 nitrogen and oxygen atoms in total. The third-order valence-corrected chi connectivity index (χ3v) is 3.42. The number of benzene rings is 1. The monoisotopic (exact) mass is 266 g/mol. The lowest BCUT2D eigenvalue weighted by Gasteiger charge is -2.13. The maximum atomic E-state index is 5.96. The van der Waals surface area contributed by atoms with Crippen LogP contribution in [0.25, 0.3) is 0 Å². The fourth-order valence-electron chi connectivity index (χ4n) is 1.69. The average molecular weight is 267 g/mol. The lowest BCUT2D eigenvalue weighted by Crippen LogP contribution is -2.27. The van der Waals surface area contributed by atoms with Gasteiger partial charge in [0.25, 0.3) is 0 Å². The second kappa shape index (κ2) is 6.15.